The Hall–Kier alpha value is -2.41. The third-order valence-electron chi connectivity index (χ3n) is 5.11. The molecule has 3 rings (SSSR count). The molecule has 0 saturated carbocycles. The molecule has 27 heavy (non-hydrogen) atoms. The monoisotopic (exact) mass is 375 g/mol. The van der Waals surface area contributed by atoms with E-state index in [0.717, 1.165) is 25.9 Å². The van der Waals surface area contributed by atoms with Gasteiger partial charge in [0.25, 0.3) is 0 Å². The Morgan fingerprint density at radius 1 is 1.26 bits per heavy atom. The third kappa shape index (κ3) is 4.66. The highest BCUT2D eigenvalue weighted by molar-refractivity contribution is 5.95. The summed E-state index contributed by atoms with van der Waals surface area (Å²) in [6.45, 7) is 6.53. The van der Waals surface area contributed by atoms with Gasteiger partial charge in [0.2, 0.25) is 0 Å². The molecule has 2 N–H and O–H groups in total. The zero-order valence-electron chi connectivity index (χ0n) is 15.8. The van der Waals surface area contributed by atoms with E-state index in [2.05, 4.69) is 22.5 Å². The summed E-state index contributed by atoms with van der Waals surface area (Å²) in [6, 6.07) is 4.74. The fourth-order valence-corrected chi connectivity index (χ4v) is 3.54. The SMILES string of the molecule is CCOC(=O)C1=C(CN2CCC(C)CC2)NC(=O)N[C@@H]1c1ccc(F)cc1. The first kappa shape index (κ1) is 19.4. The molecule has 7 heteroatoms. The highest BCUT2D eigenvalue weighted by atomic mass is 19.1. The maximum absolute atomic E-state index is 13.3. The van der Waals surface area contributed by atoms with E-state index in [4.69, 9.17) is 4.74 Å². The second kappa shape index (κ2) is 8.52. The molecule has 1 fully saturated rings. The van der Waals surface area contributed by atoms with Gasteiger partial charge in [-0.2, -0.15) is 0 Å². The largest absolute Gasteiger partial charge is 0.463 e. The molecule has 0 bridgehead atoms. The number of carbonyl (C=O) groups excluding carboxylic acids is 2. The quantitative estimate of drug-likeness (QED) is 0.777. The van der Waals surface area contributed by atoms with Gasteiger partial charge in [-0.25, -0.2) is 14.0 Å². The van der Waals surface area contributed by atoms with E-state index >= 15 is 0 Å². The van der Waals surface area contributed by atoms with Crippen LogP contribution in [0.2, 0.25) is 0 Å². The second-order valence-corrected chi connectivity index (χ2v) is 7.15. The molecular formula is C20H26FN3O3. The maximum atomic E-state index is 13.3. The number of amides is 2. The van der Waals surface area contributed by atoms with Crippen LogP contribution < -0.4 is 10.6 Å². The highest BCUT2D eigenvalue weighted by Gasteiger charge is 2.34. The lowest BCUT2D eigenvalue weighted by atomic mass is 9.94. The predicted molar refractivity (Wildman–Crippen MR) is 99.3 cm³/mol. The van der Waals surface area contributed by atoms with Crippen molar-refractivity contribution in [1.82, 2.24) is 15.5 Å². The number of hydrogen-bond acceptors (Lipinski definition) is 4. The molecule has 1 saturated heterocycles. The van der Waals surface area contributed by atoms with Gasteiger partial charge in [0.15, 0.2) is 0 Å². The van der Waals surface area contributed by atoms with Gasteiger partial charge >= 0.3 is 12.0 Å². The van der Waals surface area contributed by atoms with Crippen LogP contribution in [0.5, 0.6) is 0 Å². The van der Waals surface area contributed by atoms with E-state index in [9.17, 15) is 14.0 Å². The molecule has 1 atom stereocenters. The van der Waals surface area contributed by atoms with Crippen molar-refractivity contribution in [2.75, 3.05) is 26.2 Å². The summed E-state index contributed by atoms with van der Waals surface area (Å²) >= 11 is 0. The number of carbonyl (C=O) groups is 2. The van der Waals surface area contributed by atoms with Crippen LogP contribution in [0.4, 0.5) is 9.18 Å². The molecule has 2 heterocycles. The van der Waals surface area contributed by atoms with Crippen LogP contribution >= 0.6 is 0 Å². The summed E-state index contributed by atoms with van der Waals surface area (Å²) in [7, 11) is 0. The van der Waals surface area contributed by atoms with Crippen molar-refractivity contribution >= 4 is 12.0 Å². The molecule has 0 spiro atoms. The molecule has 0 aromatic heterocycles. The van der Waals surface area contributed by atoms with Crippen LogP contribution in [0.25, 0.3) is 0 Å². The Morgan fingerprint density at radius 3 is 2.56 bits per heavy atom. The van der Waals surface area contributed by atoms with Crippen LogP contribution in [-0.2, 0) is 9.53 Å². The van der Waals surface area contributed by atoms with E-state index in [1.807, 2.05) is 0 Å². The fraction of sp³-hybridized carbons (Fsp3) is 0.500. The van der Waals surface area contributed by atoms with Crippen LogP contribution in [0.1, 0.15) is 38.3 Å². The summed E-state index contributed by atoms with van der Waals surface area (Å²) in [5, 5.41) is 5.55. The Morgan fingerprint density at radius 2 is 1.93 bits per heavy atom. The Bertz CT molecular complexity index is 724. The number of nitrogens with one attached hydrogen (secondary N) is 2. The minimum atomic E-state index is -0.669. The molecule has 2 aliphatic heterocycles. The Labute approximate surface area is 158 Å². The zero-order chi connectivity index (χ0) is 19.4. The number of esters is 1. The van der Waals surface area contributed by atoms with Crippen LogP contribution in [-0.4, -0.2) is 43.1 Å². The van der Waals surface area contributed by atoms with Crippen LogP contribution in [0.3, 0.4) is 0 Å². The van der Waals surface area contributed by atoms with Gasteiger partial charge in [0, 0.05) is 12.2 Å². The molecule has 2 aliphatic rings. The average Bonchev–Trinajstić information content (AvgIpc) is 2.64. The average molecular weight is 375 g/mol. The van der Waals surface area contributed by atoms with Crippen LogP contribution in [0, 0.1) is 11.7 Å². The van der Waals surface area contributed by atoms with Crippen molar-refractivity contribution in [3.8, 4) is 0 Å². The van der Waals surface area contributed by atoms with E-state index < -0.39 is 12.0 Å². The number of piperidine rings is 1. The van der Waals surface area contributed by atoms with E-state index in [-0.39, 0.29) is 18.5 Å². The number of ether oxygens (including phenoxy) is 1. The van der Waals surface area contributed by atoms with E-state index in [0.29, 0.717) is 29.3 Å². The molecule has 0 unspecified atom stereocenters. The molecular weight excluding hydrogens is 349 g/mol. The van der Waals surface area contributed by atoms with Crippen LogP contribution in [0.15, 0.2) is 35.5 Å². The lowest BCUT2D eigenvalue weighted by Crippen LogP contribution is -2.49. The fourth-order valence-electron chi connectivity index (χ4n) is 3.54. The first-order valence-corrected chi connectivity index (χ1v) is 9.43. The topological polar surface area (TPSA) is 70.7 Å². The minimum absolute atomic E-state index is 0.237. The first-order chi connectivity index (χ1) is 13.0. The Kier molecular flexibility index (Phi) is 6.11. The molecule has 6 nitrogen and oxygen atoms in total. The van der Waals surface area contributed by atoms with Gasteiger partial charge in [-0.1, -0.05) is 19.1 Å². The minimum Gasteiger partial charge on any atom is -0.463 e. The van der Waals surface area contributed by atoms with E-state index in [1.54, 1.807) is 19.1 Å². The van der Waals surface area contributed by atoms with Crippen molar-refractivity contribution in [2.45, 2.75) is 32.7 Å². The number of benzene rings is 1. The zero-order valence-corrected chi connectivity index (χ0v) is 15.8. The summed E-state index contributed by atoms with van der Waals surface area (Å²) in [4.78, 5) is 27.2. The van der Waals surface area contributed by atoms with Crippen molar-refractivity contribution in [1.29, 1.82) is 0 Å². The molecule has 0 radical (unpaired) electrons. The lowest BCUT2D eigenvalue weighted by molar-refractivity contribution is -0.139. The van der Waals surface area contributed by atoms with Crippen molar-refractivity contribution < 1.29 is 18.7 Å². The molecule has 1 aromatic rings. The van der Waals surface area contributed by atoms with Gasteiger partial charge in [-0.05, 0) is 56.5 Å². The summed E-state index contributed by atoms with van der Waals surface area (Å²) in [5.41, 5.74) is 1.57. The molecule has 2 amide bonds. The smallest absolute Gasteiger partial charge is 0.338 e. The molecule has 0 aliphatic carbocycles. The normalized spacial score (nSPS) is 21.6. The summed E-state index contributed by atoms with van der Waals surface area (Å²) in [5.74, 6) is -0.155. The van der Waals surface area contributed by atoms with Gasteiger partial charge in [-0.3, -0.25) is 4.90 Å². The highest BCUT2D eigenvalue weighted by Crippen LogP contribution is 2.29. The lowest BCUT2D eigenvalue weighted by Gasteiger charge is -2.34. The van der Waals surface area contributed by atoms with Gasteiger partial charge in [-0.15, -0.1) is 0 Å². The number of likely N-dealkylation sites (tertiary alicyclic amines) is 1. The van der Waals surface area contributed by atoms with Crippen molar-refractivity contribution in [3.63, 3.8) is 0 Å². The maximum Gasteiger partial charge on any atom is 0.338 e. The van der Waals surface area contributed by atoms with Gasteiger partial charge in [0.1, 0.15) is 5.82 Å². The number of rotatable bonds is 5. The molecule has 146 valence electrons. The Balaban J connectivity index is 1.94. The number of urea groups is 1. The number of hydrogen-bond donors (Lipinski definition) is 2. The van der Waals surface area contributed by atoms with Crippen molar-refractivity contribution in [2.24, 2.45) is 5.92 Å². The number of halogens is 1. The summed E-state index contributed by atoms with van der Waals surface area (Å²) in [6.07, 6.45) is 2.19. The molecule has 1 aromatic carbocycles. The van der Waals surface area contributed by atoms with E-state index in [1.165, 1.54) is 12.1 Å². The first-order valence-electron chi connectivity index (χ1n) is 9.43. The van der Waals surface area contributed by atoms with Crippen molar-refractivity contribution in [3.05, 3.63) is 46.9 Å². The number of nitrogens with zero attached hydrogens (tertiary/aromatic N) is 1. The van der Waals surface area contributed by atoms with Gasteiger partial charge < -0.3 is 15.4 Å². The second-order valence-electron chi connectivity index (χ2n) is 7.15. The standard InChI is InChI=1S/C20H26FN3O3/c1-3-27-19(25)17-16(12-24-10-8-13(2)9-11-24)22-20(26)23-18(17)14-4-6-15(21)7-5-14/h4-7,13,18H,3,8-12H2,1-2H3,(H2,22,23,26)/t18-/m1/s1. The third-order valence-corrected chi connectivity index (χ3v) is 5.11. The predicted octanol–water partition coefficient (Wildman–Crippen LogP) is 2.73. The van der Waals surface area contributed by atoms with Gasteiger partial charge in [0.05, 0.1) is 18.2 Å². The summed E-state index contributed by atoms with van der Waals surface area (Å²) < 4.78 is 18.6.